The molecule has 34 heavy (non-hydrogen) atoms. The summed E-state index contributed by atoms with van der Waals surface area (Å²) >= 11 is 0. The van der Waals surface area contributed by atoms with E-state index in [0.717, 1.165) is 18.2 Å². The fourth-order valence-corrected chi connectivity index (χ4v) is 4.78. The first-order valence-corrected chi connectivity index (χ1v) is 15.8. The maximum atomic E-state index is 13.5. The molecule has 0 unspecified atom stereocenters. The van der Waals surface area contributed by atoms with Crippen molar-refractivity contribution in [1.82, 2.24) is 0 Å². The number of aliphatic hydroxyl groups is 1. The molecule has 0 spiro atoms. The minimum atomic E-state index is -1.26. The van der Waals surface area contributed by atoms with Gasteiger partial charge in [-0.25, -0.2) is 0 Å². The number of ether oxygens (including phenoxy) is 2. The lowest BCUT2D eigenvalue weighted by atomic mass is 9.96. The summed E-state index contributed by atoms with van der Waals surface area (Å²) in [4.78, 5) is 13.5. The van der Waals surface area contributed by atoms with Gasteiger partial charge in [0.25, 0.3) is 0 Å². The standard InChI is InChI=1S/C29H42O4Si/c1-28(2,3)32-23-16-12-21(13-17-23)26(30)25(11-10-20-34(7,8)9)27(31)22-14-18-24(19-15-22)33-29(4,5)6/h12-19,30H,10-11,20H2,1-9H3/b26-25-. The molecule has 0 aliphatic rings. The van der Waals surface area contributed by atoms with Crippen molar-refractivity contribution in [1.29, 1.82) is 0 Å². The minimum absolute atomic E-state index is 0.0397. The summed E-state index contributed by atoms with van der Waals surface area (Å²) in [6, 6.07) is 15.5. The summed E-state index contributed by atoms with van der Waals surface area (Å²) in [5.41, 5.74) is 0.996. The number of ketones is 1. The van der Waals surface area contributed by atoms with Crippen LogP contribution in [0.15, 0.2) is 54.1 Å². The van der Waals surface area contributed by atoms with Crippen LogP contribution in [0.3, 0.4) is 0 Å². The molecule has 0 heterocycles. The lowest BCUT2D eigenvalue weighted by molar-refractivity contribution is 0.102. The third-order valence-corrected chi connectivity index (χ3v) is 6.86. The Kier molecular flexibility index (Phi) is 8.81. The van der Waals surface area contributed by atoms with Crippen molar-refractivity contribution in [2.75, 3.05) is 0 Å². The third-order valence-electron chi connectivity index (χ3n) is 5.01. The van der Waals surface area contributed by atoms with E-state index in [0.29, 0.717) is 28.9 Å². The quantitative estimate of drug-likeness (QED) is 0.169. The Morgan fingerprint density at radius 2 is 1.18 bits per heavy atom. The molecule has 0 radical (unpaired) electrons. The first-order chi connectivity index (χ1) is 15.5. The number of hydrogen-bond acceptors (Lipinski definition) is 4. The summed E-state index contributed by atoms with van der Waals surface area (Å²) in [6.07, 6.45) is 1.41. The molecule has 2 rings (SSSR count). The van der Waals surface area contributed by atoms with Gasteiger partial charge in [0.1, 0.15) is 28.5 Å². The summed E-state index contributed by atoms with van der Waals surface area (Å²) in [7, 11) is -1.26. The van der Waals surface area contributed by atoms with Crippen molar-refractivity contribution in [2.45, 2.75) is 91.3 Å². The predicted octanol–water partition coefficient (Wildman–Crippen LogP) is 8.31. The fraction of sp³-hybridized carbons (Fsp3) is 0.483. The smallest absolute Gasteiger partial charge is 0.192 e. The highest BCUT2D eigenvalue weighted by atomic mass is 28.3. The second-order valence-electron chi connectivity index (χ2n) is 12.0. The van der Waals surface area contributed by atoms with Crippen molar-refractivity contribution in [3.63, 3.8) is 0 Å². The molecule has 2 aromatic rings. The van der Waals surface area contributed by atoms with Crippen molar-refractivity contribution >= 4 is 19.6 Å². The molecule has 5 heteroatoms. The monoisotopic (exact) mass is 482 g/mol. The van der Waals surface area contributed by atoms with Crippen molar-refractivity contribution in [2.24, 2.45) is 0 Å². The molecule has 0 atom stereocenters. The van der Waals surface area contributed by atoms with E-state index in [9.17, 15) is 9.90 Å². The van der Waals surface area contributed by atoms with E-state index in [1.165, 1.54) is 0 Å². The van der Waals surface area contributed by atoms with E-state index in [2.05, 4.69) is 19.6 Å². The van der Waals surface area contributed by atoms with Gasteiger partial charge in [-0.05, 0) is 96.5 Å². The zero-order valence-electron chi connectivity index (χ0n) is 22.4. The molecule has 4 nitrogen and oxygen atoms in total. The van der Waals surface area contributed by atoms with Crippen LogP contribution in [0.2, 0.25) is 25.7 Å². The van der Waals surface area contributed by atoms with Gasteiger partial charge in [0.05, 0.1) is 0 Å². The van der Waals surface area contributed by atoms with Gasteiger partial charge in [0, 0.05) is 24.8 Å². The molecule has 0 bridgehead atoms. The normalized spacial score (nSPS) is 13.3. The third kappa shape index (κ3) is 9.38. The summed E-state index contributed by atoms with van der Waals surface area (Å²) in [5.74, 6) is 1.33. The summed E-state index contributed by atoms with van der Waals surface area (Å²) in [5, 5.41) is 11.2. The van der Waals surface area contributed by atoms with E-state index in [1.54, 1.807) is 12.1 Å². The molecule has 0 aliphatic carbocycles. The Bertz CT molecular complexity index is 983. The van der Waals surface area contributed by atoms with Crippen LogP contribution >= 0.6 is 0 Å². The Hall–Kier alpha value is -2.53. The van der Waals surface area contributed by atoms with Crippen LogP contribution in [0.1, 0.15) is 70.3 Å². The molecule has 0 saturated heterocycles. The molecule has 0 aliphatic heterocycles. The number of Topliss-reactive ketones (excluding diaryl/α,β-unsaturated/α-hetero) is 1. The van der Waals surface area contributed by atoms with Gasteiger partial charge in [-0.3, -0.25) is 4.79 Å². The number of aliphatic hydroxyl groups excluding tert-OH is 1. The second kappa shape index (κ2) is 10.8. The van der Waals surface area contributed by atoms with Crippen molar-refractivity contribution in [3.05, 3.63) is 65.2 Å². The summed E-state index contributed by atoms with van der Waals surface area (Å²) < 4.78 is 11.8. The minimum Gasteiger partial charge on any atom is -0.507 e. The molecule has 0 fully saturated rings. The number of hydrogen-bond donors (Lipinski definition) is 1. The van der Waals surface area contributed by atoms with Crippen LogP contribution in [-0.4, -0.2) is 30.2 Å². The SMILES string of the molecule is CC(C)(C)Oc1ccc(C(=O)/C(CCC[Si](C)(C)C)=C(\O)c2ccc(OC(C)(C)C)cc2)cc1. The number of allylic oxidation sites excluding steroid dienone is 1. The molecule has 1 N–H and O–H groups in total. The number of carbonyl (C=O) groups is 1. The lowest BCUT2D eigenvalue weighted by Crippen LogP contribution is -2.22. The first kappa shape index (κ1) is 27.7. The van der Waals surface area contributed by atoms with Gasteiger partial charge in [0.2, 0.25) is 0 Å². The van der Waals surface area contributed by atoms with Crippen molar-refractivity contribution in [3.8, 4) is 11.5 Å². The average molecular weight is 483 g/mol. The van der Waals surface area contributed by atoms with Gasteiger partial charge in [-0.2, -0.15) is 0 Å². The Labute approximate surface area is 207 Å². The highest BCUT2D eigenvalue weighted by Gasteiger charge is 2.21. The van der Waals surface area contributed by atoms with Gasteiger partial charge in [-0.1, -0.05) is 32.1 Å². The molecule has 0 aromatic heterocycles. The van der Waals surface area contributed by atoms with E-state index >= 15 is 0 Å². The molecular formula is C29H42O4Si. The molecule has 186 valence electrons. The first-order valence-electron chi connectivity index (χ1n) is 12.1. The van der Waals surface area contributed by atoms with E-state index < -0.39 is 8.07 Å². The van der Waals surface area contributed by atoms with Gasteiger partial charge >= 0.3 is 0 Å². The largest absolute Gasteiger partial charge is 0.507 e. The maximum Gasteiger partial charge on any atom is 0.192 e. The van der Waals surface area contributed by atoms with Gasteiger partial charge in [-0.15, -0.1) is 0 Å². The Morgan fingerprint density at radius 1 is 0.765 bits per heavy atom. The number of benzene rings is 2. The average Bonchev–Trinajstić information content (AvgIpc) is 2.68. The number of rotatable bonds is 9. The lowest BCUT2D eigenvalue weighted by Gasteiger charge is -2.21. The highest BCUT2D eigenvalue weighted by molar-refractivity contribution is 6.76. The van der Waals surface area contributed by atoms with Crippen molar-refractivity contribution < 1.29 is 19.4 Å². The van der Waals surface area contributed by atoms with Gasteiger partial charge < -0.3 is 14.6 Å². The highest BCUT2D eigenvalue weighted by Crippen LogP contribution is 2.28. The van der Waals surface area contributed by atoms with Crippen LogP contribution in [0.4, 0.5) is 0 Å². The van der Waals surface area contributed by atoms with E-state index in [-0.39, 0.29) is 22.7 Å². The van der Waals surface area contributed by atoms with Crippen LogP contribution < -0.4 is 9.47 Å². The summed E-state index contributed by atoms with van der Waals surface area (Å²) in [6.45, 7) is 18.9. The Balaban J connectivity index is 2.36. The predicted molar refractivity (Wildman–Crippen MR) is 145 cm³/mol. The van der Waals surface area contributed by atoms with E-state index in [1.807, 2.05) is 77.9 Å². The zero-order valence-corrected chi connectivity index (χ0v) is 23.4. The van der Waals surface area contributed by atoms with Crippen LogP contribution in [0.25, 0.3) is 5.76 Å². The zero-order chi connectivity index (χ0) is 25.7. The fourth-order valence-electron chi connectivity index (χ4n) is 3.55. The second-order valence-corrected chi connectivity index (χ2v) is 17.7. The topological polar surface area (TPSA) is 55.8 Å². The molecule has 2 aromatic carbocycles. The van der Waals surface area contributed by atoms with Crippen LogP contribution in [-0.2, 0) is 0 Å². The Morgan fingerprint density at radius 3 is 1.56 bits per heavy atom. The van der Waals surface area contributed by atoms with Crippen LogP contribution in [0.5, 0.6) is 11.5 Å². The molecule has 0 saturated carbocycles. The number of carbonyl (C=O) groups excluding carboxylic acids is 1. The maximum absolute atomic E-state index is 13.5. The molecule has 0 amide bonds. The van der Waals surface area contributed by atoms with Gasteiger partial charge in [0.15, 0.2) is 5.78 Å². The van der Waals surface area contributed by atoms with E-state index in [4.69, 9.17) is 9.47 Å². The van der Waals surface area contributed by atoms with Crippen LogP contribution in [0, 0.1) is 0 Å². The molecular weight excluding hydrogens is 440 g/mol.